The van der Waals surface area contributed by atoms with E-state index < -0.39 is 87.5 Å². The van der Waals surface area contributed by atoms with E-state index in [9.17, 15) is 48.0 Å². The smallest absolute Gasteiger partial charge is 0.348 e. The van der Waals surface area contributed by atoms with Gasteiger partial charge in [-0.1, -0.05) is 6.07 Å². The number of hydrogen-bond donors (Lipinski definition) is 1. The number of nitrogens with one attached hydrogen (secondary N) is 1. The molecule has 1 aromatic carbocycles. The van der Waals surface area contributed by atoms with Gasteiger partial charge in [-0.05, 0) is 69.7 Å². The third kappa shape index (κ3) is 7.29. The normalized spacial score (nSPS) is 19.2. The highest BCUT2D eigenvalue weighted by atomic mass is 32.2. The number of halogens is 6. The molecule has 0 unspecified atom stereocenters. The maximum atomic E-state index is 13.2. The van der Waals surface area contributed by atoms with Crippen molar-refractivity contribution in [1.29, 1.82) is 0 Å². The Balaban J connectivity index is 1.70. The molecule has 1 saturated carbocycles. The Bertz CT molecular complexity index is 1430. The van der Waals surface area contributed by atoms with Crippen LogP contribution in [0.1, 0.15) is 61.1 Å². The Kier molecular flexibility index (Phi) is 8.75. The molecular weight excluding hydrogens is 574 g/mol. The Hall–Kier alpha value is -2.68. The van der Waals surface area contributed by atoms with Gasteiger partial charge < -0.3 is 5.32 Å². The van der Waals surface area contributed by atoms with Crippen molar-refractivity contribution < 1.29 is 48.0 Å². The standard InChI is InChI=1S/C24H26F6N2O5S2/c1-14(2)39(36,37)20-11-17(24(28,29)30)12-31-21(20)22(33)32-18-8-6-15(7-9-18)13-38(34,35)19-5-3-4-16(10-19)23(25,26)27/h3-5,10-12,14-15,18H,6-9,13H2,1-2H3,(H,32,33)/t15-,18+. The van der Waals surface area contributed by atoms with E-state index in [1.54, 1.807) is 0 Å². The van der Waals surface area contributed by atoms with Crippen molar-refractivity contribution in [3.8, 4) is 0 Å². The summed E-state index contributed by atoms with van der Waals surface area (Å²) in [6.07, 6.45) is -8.08. The average molecular weight is 601 g/mol. The number of aromatic nitrogens is 1. The molecule has 1 amide bonds. The first-order valence-electron chi connectivity index (χ1n) is 11.8. The molecule has 0 spiro atoms. The maximum Gasteiger partial charge on any atom is 0.417 e. The highest BCUT2D eigenvalue weighted by molar-refractivity contribution is 7.92. The molecule has 0 saturated heterocycles. The molecule has 1 N–H and O–H groups in total. The van der Waals surface area contributed by atoms with Crippen LogP contribution in [0.3, 0.4) is 0 Å². The van der Waals surface area contributed by atoms with Crippen LogP contribution in [0.25, 0.3) is 0 Å². The molecule has 1 fully saturated rings. The summed E-state index contributed by atoms with van der Waals surface area (Å²) >= 11 is 0. The van der Waals surface area contributed by atoms with E-state index in [0.29, 0.717) is 31.2 Å². The van der Waals surface area contributed by atoms with Crippen LogP contribution in [0.5, 0.6) is 0 Å². The molecule has 0 bridgehead atoms. The van der Waals surface area contributed by atoms with Gasteiger partial charge in [-0.3, -0.25) is 4.79 Å². The second-order valence-electron chi connectivity index (χ2n) is 9.66. The van der Waals surface area contributed by atoms with Gasteiger partial charge in [0.05, 0.1) is 31.9 Å². The Morgan fingerprint density at radius 1 is 0.949 bits per heavy atom. The molecule has 15 heteroatoms. The van der Waals surface area contributed by atoms with Crippen LogP contribution in [0, 0.1) is 5.92 Å². The first-order chi connectivity index (χ1) is 17.8. The van der Waals surface area contributed by atoms with Gasteiger partial charge in [0.15, 0.2) is 19.7 Å². The van der Waals surface area contributed by atoms with Gasteiger partial charge in [0, 0.05) is 12.2 Å². The topological polar surface area (TPSA) is 110 Å². The second kappa shape index (κ2) is 11.1. The van der Waals surface area contributed by atoms with Crippen molar-refractivity contribution in [2.24, 2.45) is 5.92 Å². The van der Waals surface area contributed by atoms with Crippen molar-refractivity contribution >= 4 is 25.6 Å². The van der Waals surface area contributed by atoms with Crippen molar-refractivity contribution in [3.05, 3.63) is 53.3 Å². The molecule has 2 aromatic rings. The van der Waals surface area contributed by atoms with Crippen molar-refractivity contribution in [1.82, 2.24) is 10.3 Å². The number of nitrogens with zero attached hydrogens (tertiary/aromatic N) is 1. The number of hydrogen-bond acceptors (Lipinski definition) is 6. The molecule has 1 aliphatic carbocycles. The summed E-state index contributed by atoms with van der Waals surface area (Å²) < 4.78 is 129. The zero-order valence-electron chi connectivity index (χ0n) is 20.8. The van der Waals surface area contributed by atoms with E-state index in [0.717, 1.165) is 18.2 Å². The summed E-state index contributed by atoms with van der Waals surface area (Å²) in [5, 5.41) is 1.44. The highest BCUT2D eigenvalue weighted by Gasteiger charge is 2.37. The average Bonchev–Trinajstić information content (AvgIpc) is 2.83. The van der Waals surface area contributed by atoms with Gasteiger partial charge in [0.1, 0.15) is 5.69 Å². The molecule has 0 radical (unpaired) electrons. The zero-order valence-corrected chi connectivity index (χ0v) is 22.4. The van der Waals surface area contributed by atoms with Crippen LogP contribution in [-0.4, -0.2) is 44.8 Å². The molecule has 0 aliphatic heterocycles. The molecule has 7 nitrogen and oxygen atoms in total. The molecule has 0 atom stereocenters. The fraction of sp³-hybridized carbons (Fsp3) is 0.500. The number of rotatable bonds is 7. The minimum absolute atomic E-state index is 0.265. The van der Waals surface area contributed by atoms with Crippen LogP contribution in [0.4, 0.5) is 26.3 Å². The summed E-state index contributed by atoms with van der Waals surface area (Å²) in [6.45, 7) is 2.51. The third-order valence-corrected chi connectivity index (χ3v) is 10.5. The van der Waals surface area contributed by atoms with Crippen molar-refractivity contribution in [2.45, 2.75) is 73.0 Å². The molecule has 3 rings (SSSR count). The summed E-state index contributed by atoms with van der Waals surface area (Å²) in [5.74, 6) is -1.78. The Morgan fingerprint density at radius 3 is 2.08 bits per heavy atom. The van der Waals surface area contributed by atoms with E-state index in [-0.39, 0.29) is 12.8 Å². The maximum absolute atomic E-state index is 13.2. The summed E-state index contributed by atoms with van der Waals surface area (Å²) in [7, 11) is -8.33. The molecule has 39 heavy (non-hydrogen) atoms. The van der Waals surface area contributed by atoms with E-state index in [1.807, 2.05) is 0 Å². The number of carbonyl (C=O) groups is 1. The van der Waals surface area contributed by atoms with Gasteiger partial charge in [0.2, 0.25) is 0 Å². The van der Waals surface area contributed by atoms with Gasteiger partial charge in [0.25, 0.3) is 5.91 Å². The van der Waals surface area contributed by atoms with Crippen LogP contribution < -0.4 is 5.32 Å². The van der Waals surface area contributed by atoms with E-state index in [4.69, 9.17) is 0 Å². The highest BCUT2D eigenvalue weighted by Crippen LogP contribution is 2.34. The molecule has 216 valence electrons. The number of sulfone groups is 2. The summed E-state index contributed by atoms with van der Waals surface area (Å²) in [4.78, 5) is 15.1. The van der Waals surface area contributed by atoms with Crippen molar-refractivity contribution in [3.63, 3.8) is 0 Å². The fourth-order valence-corrected chi connectivity index (χ4v) is 7.19. The first-order valence-corrected chi connectivity index (χ1v) is 15.0. The lowest BCUT2D eigenvalue weighted by Gasteiger charge is -2.29. The van der Waals surface area contributed by atoms with Crippen LogP contribution in [0.15, 0.2) is 46.3 Å². The van der Waals surface area contributed by atoms with Crippen LogP contribution in [-0.2, 0) is 32.0 Å². The number of amides is 1. The predicted octanol–water partition coefficient (Wildman–Crippen LogP) is 5.06. The molecule has 1 aromatic heterocycles. The molecular formula is C24H26F6N2O5S2. The Morgan fingerprint density at radius 2 is 1.54 bits per heavy atom. The number of carbonyl (C=O) groups excluding carboxylic acids is 1. The van der Waals surface area contributed by atoms with Gasteiger partial charge in [-0.25, -0.2) is 21.8 Å². The van der Waals surface area contributed by atoms with E-state index in [1.165, 1.54) is 13.8 Å². The fourth-order valence-electron chi connectivity index (χ4n) is 4.24. The Labute approximate surface area is 221 Å². The van der Waals surface area contributed by atoms with E-state index >= 15 is 0 Å². The van der Waals surface area contributed by atoms with Gasteiger partial charge in [-0.2, -0.15) is 26.3 Å². The lowest BCUT2D eigenvalue weighted by atomic mass is 9.87. The third-order valence-electron chi connectivity index (χ3n) is 6.48. The largest absolute Gasteiger partial charge is 0.417 e. The van der Waals surface area contributed by atoms with Crippen molar-refractivity contribution in [2.75, 3.05) is 5.75 Å². The van der Waals surface area contributed by atoms with Gasteiger partial charge in [-0.15, -0.1) is 0 Å². The second-order valence-corrected chi connectivity index (χ2v) is 14.2. The molecule has 1 heterocycles. The lowest BCUT2D eigenvalue weighted by Crippen LogP contribution is -2.39. The van der Waals surface area contributed by atoms with E-state index in [2.05, 4.69) is 10.3 Å². The summed E-state index contributed by atoms with van der Waals surface area (Å²) in [6, 6.07) is 3.31. The van der Waals surface area contributed by atoms with Gasteiger partial charge >= 0.3 is 12.4 Å². The van der Waals surface area contributed by atoms with Crippen LogP contribution >= 0.6 is 0 Å². The minimum Gasteiger partial charge on any atom is -0.348 e. The molecule has 1 aliphatic rings. The number of pyridine rings is 1. The number of benzene rings is 1. The number of alkyl halides is 6. The first kappa shape index (κ1) is 30.9. The zero-order chi connectivity index (χ0) is 29.4. The predicted molar refractivity (Wildman–Crippen MR) is 128 cm³/mol. The van der Waals surface area contributed by atoms with Crippen LogP contribution in [0.2, 0.25) is 0 Å². The SMILES string of the molecule is CC(C)S(=O)(=O)c1cc(C(F)(F)F)cnc1C(=O)N[C@H]1CC[C@@H](CS(=O)(=O)c2cccc(C(F)(F)F)c2)CC1. The minimum atomic E-state index is -4.88. The quantitative estimate of drug-likeness (QED) is 0.445. The lowest BCUT2D eigenvalue weighted by molar-refractivity contribution is -0.138. The monoisotopic (exact) mass is 600 g/mol. The summed E-state index contributed by atoms with van der Waals surface area (Å²) in [5.41, 5.74) is -3.07.